The molecule has 5 heteroatoms. The number of nitrogens with zero attached hydrogens (tertiary/aromatic N) is 1. The van der Waals surface area contributed by atoms with Crippen LogP contribution in [0.25, 0.3) is 0 Å². The zero-order chi connectivity index (χ0) is 22.2. The van der Waals surface area contributed by atoms with E-state index in [1.807, 2.05) is 63.2 Å². The maximum atomic E-state index is 12.8. The minimum atomic E-state index is -0.207. The van der Waals surface area contributed by atoms with Crippen molar-refractivity contribution in [3.05, 3.63) is 83.2 Å². The number of benzene rings is 2. The quantitative estimate of drug-likeness (QED) is 0.432. The number of carbonyl (C=O) groups excluding carboxylic acids is 1. The Morgan fingerprint density at radius 1 is 1.03 bits per heavy atom. The van der Waals surface area contributed by atoms with Crippen molar-refractivity contribution < 1.29 is 14.3 Å². The molecular formula is C26H30N2O3. The molecule has 0 aliphatic rings. The Bertz CT molecular complexity index is 1020. The fourth-order valence-corrected chi connectivity index (χ4v) is 3.37. The molecule has 1 amide bonds. The normalized spacial score (nSPS) is 11.7. The number of amides is 1. The van der Waals surface area contributed by atoms with E-state index < -0.39 is 0 Å². The summed E-state index contributed by atoms with van der Waals surface area (Å²) in [4.78, 5) is 17.3. The Labute approximate surface area is 184 Å². The number of carbonyl (C=O) groups is 1. The largest absolute Gasteiger partial charge is 0.457 e. The first-order valence-electron chi connectivity index (χ1n) is 10.8. The Hall–Kier alpha value is -3.18. The second kappa shape index (κ2) is 10.7. The van der Waals surface area contributed by atoms with E-state index in [9.17, 15) is 4.79 Å². The summed E-state index contributed by atoms with van der Waals surface area (Å²) in [5.41, 5.74) is 3.97. The number of anilines is 1. The molecule has 0 saturated heterocycles. The van der Waals surface area contributed by atoms with Gasteiger partial charge >= 0.3 is 0 Å². The van der Waals surface area contributed by atoms with Gasteiger partial charge in [-0.1, -0.05) is 31.5 Å². The zero-order valence-electron chi connectivity index (χ0n) is 18.6. The summed E-state index contributed by atoms with van der Waals surface area (Å²) in [6, 6.07) is 19.1. The lowest BCUT2D eigenvalue weighted by molar-refractivity contribution is 0.0732. The van der Waals surface area contributed by atoms with E-state index in [1.54, 1.807) is 6.07 Å². The van der Waals surface area contributed by atoms with Crippen LogP contribution < -0.4 is 10.1 Å². The van der Waals surface area contributed by atoms with Crippen LogP contribution in [-0.4, -0.2) is 17.5 Å². The van der Waals surface area contributed by atoms with Gasteiger partial charge in [0.05, 0.1) is 23.1 Å². The molecule has 1 N–H and O–H groups in total. The maximum Gasteiger partial charge on any atom is 0.257 e. The van der Waals surface area contributed by atoms with E-state index in [-0.39, 0.29) is 12.0 Å². The van der Waals surface area contributed by atoms with Crippen LogP contribution in [0, 0.1) is 6.92 Å². The molecule has 3 rings (SSSR count). The van der Waals surface area contributed by atoms with Crippen molar-refractivity contribution in [2.45, 2.75) is 46.6 Å². The van der Waals surface area contributed by atoms with E-state index in [0.717, 1.165) is 24.3 Å². The van der Waals surface area contributed by atoms with E-state index in [1.165, 1.54) is 5.56 Å². The fourth-order valence-electron chi connectivity index (χ4n) is 3.37. The molecule has 0 radical (unpaired) electrons. The van der Waals surface area contributed by atoms with Crippen LogP contribution in [0.1, 0.15) is 60.6 Å². The number of aromatic nitrogens is 1. The highest BCUT2D eigenvalue weighted by Gasteiger charge is 2.14. The van der Waals surface area contributed by atoms with Crippen LogP contribution in [-0.2, 0) is 11.2 Å². The van der Waals surface area contributed by atoms with Crippen LogP contribution in [0.2, 0.25) is 0 Å². The highest BCUT2D eigenvalue weighted by molar-refractivity contribution is 6.05. The molecule has 0 aliphatic carbocycles. The Morgan fingerprint density at radius 2 is 1.81 bits per heavy atom. The summed E-state index contributed by atoms with van der Waals surface area (Å²) in [7, 11) is 0. The first-order chi connectivity index (χ1) is 15.0. The monoisotopic (exact) mass is 418 g/mol. The summed E-state index contributed by atoms with van der Waals surface area (Å²) in [5.74, 6) is 1.22. The van der Waals surface area contributed by atoms with E-state index in [0.29, 0.717) is 29.3 Å². The van der Waals surface area contributed by atoms with Crippen molar-refractivity contribution in [1.82, 2.24) is 4.98 Å². The van der Waals surface area contributed by atoms with Gasteiger partial charge in [0.1, 0.15) is 11.5 Å². The summed E-state index contributed by atoms with van der Waals surface area (Å²) in [5, 5.41) is 2.93. The van der Waals surface area contributed by atoms with Crippen LogP contribution in [0.3, 0.4) is 0 Å². The van der Waals surface area contributed by atoms with Crippen LogP contribution in [0.5, 0.6) is 11.5 Å². The molecule has 1 atom stereocenters. The predicted molar refractivity (Wildman–Crippen MR) is 124 cm³/mol. The number of hydrogen-bond donors (Lipinski definition) is 1. The molecule has 0 saturated carbocycles. The van der Waals surface area contributed by atoms with Gasteiger partial charge in [0.15, 0.2) is 0 Å². The van der Waals surface area contributed by atoms with Gasteiger partial charge in [-0.15, -0.1) is 0 Å². The predicted octanol–water partition coefficient (Wildman–Crippen LogP) is 6.48. The van der Waals surface area contributed by atoms with Crippen molar-refractivity contribution in [1.29, 1.82) is 0 Å². The van der Waals surface area contributed by atoms with Gasteiger partial charge in [-0.3, -0.25) is 9.78 Å². The van der Waals surface area contributed by atoms with Crippen molar-refractivity contribution in [3.63, 3.8) is 0 Å². The number of ether oxygens (including phenoxy) is 2. The third-order valence-electron chi connectivity index (χ3n) is 4.97. The molecule has 31 heavy (non-hydrogen) atoms. The molecule has 0 fully saturated rings. The number of hydrogen-bond acceptors (Lipinski definition) is 4. The van der Waals surface area contributed by atoms with Crippen molar-refractivity contribution >= 4 is 11.6 Å². The Morgan fingerprint density at radius 3 is 2.48 bits per heavy atom. The van der Waals surface area contributed by atoms with Crippen LogP contribution in [0.15, 0.2) is 60.7 Å². The summed E-state index contributed by atoms with van der Waals surface area (Å²) >= 11 is 0. The van der Waals surface area contributed by atoms with Gasteiger partial charge in [-0.2, -0.15) is 0 Å². The minimum absolute atomic E-state index is 0.106. The standard InChI is InChI=1S/C26H30N2O3/c1-5-8-20-11-13-22(14-12-20)31-23-10-7-9-21(17-23)28-26(29)24-15-16-25(27-18(24)3)19(4)30-6-2/h7,9-17,19H,5-6,8H2,1-4H3,(H,28,29). The third-order valence-corrected chi connectivity index (χ3v) is 4.97. The number of nitrogens with one attached hydrogen (secondary N) is 1. The van der Waals surface area contributed by atoms with Crippen molar-refractivity contribution in [3.8, 4) is 11.5 Å². The topological polar surface area (TPSA) is 60.5 Å². The first-order valence-corrected chi connectivity index (χ1v) is 10.8. The van der Waals surface area contributed by atoms with E-state index >= 15 is 0 Å². The zero-order valence-corrected chi connectivity index (χ0v) is 18.6. The molecule has 1 unspecified atom stereocenters. The average Bonchev–Trinajstić information content (AvgIpc) is 2.75. The summed E-state index contributed by atoms with van der Waals surface area (Å²) in [6.45, 7) is 8.51. The van der Waals surface area contributed by atoms with Gasteiger partial charge < -0.3 is 14.8 Å². The lowest BCUT2D eigenvalue weighted by Crippen LogP contribution is -2.15. The lowest BCUT2D eigenvalue weighted by atomic mass is 10.1. The second-order valence-electron chi connectivity index (χ2n) is 7.44. The van der Waals surface area contributed by atoms with Gasteiger partial charge in [0.2, 0.25) is 0 Å². The average molecular weight is 419 g/mol. The van der Waals surface area contributed by atoms with Crippen LogP contribution in [0.4, 0.5) is 5.69 Å². The lowest BCUT2D eigenvalue weighted by Gasteiger charge is -2.14. The Kier molecular flexibility index (Phi) is 7.79. The van der Waals surface area contributed by atoms with Gasteiger partial charge in [0, 0.05) is 18.4 Å². The van der Waals surface area contributed by atoms with Gasteiger partial charge in [-0.05, 0) is 69.2 Å². The molecule has 1 aromatic heterocycles. The maximum absolute atomic E-state index is 12.8. The van der Waals surface area contributed by atoms with E-state index in [4.69, 9.17) is 9.47 Å². The minimum Gasteiger partial charge on any atom is -0.457 e. The highest BCUT2D eigenvalue weighted by atomic mass is 16.5. The first kappa shape index (κ1) is 22.5. The van der Waals surface area contributed by atoms with Gasteiger partial charge in [-0.25, -0.2) is 0 Å². The number of aryl methyl sites for hydroxylation is 2. The summed E-state index contributed by atoms with van der Waals surface area (Å²) in [6.07, 6.45) is 2.07. The molecule has 162 valence electrons. The molecule has 5 nitrogen and oxygen atoms in total. The molecule has 0 aliphatic heterocycles. The third kappa shape index (κ3) is 6.15. The summed E-state index contributed by atoms with van der Waals surface area (Å²) < 4.78 is 11.5. The van der Waals surface area contributed by atoms with Crippen molar-refractivity contribution in [2.24, 2.45) is 0 Å². The van der Waals surface area contributed by atoms with Crippen LogP contribution >= 0.6 is 0 Å². The smallest absolute Gasteiger partial charge is 0.257 e. The van der Waals surface area contributed by atoms with Gasteiger partial charge in [0.25, 0.3) is 5.91 Å². The number of pyridine rings is 1. The number of rotatable bonds is 9. The molecule has 2 aromatic carbocycles. The second-order valence-corrected chi connectivity index (χ2v) is 7.44. The molecule has 3 aromatic rings. The fraction of sp³-hybridized carbons (Fsp3) is 0.308. The Balaban J connectivity index is 1.68. The van der Waals surface area contributed by atoms with E-state index in [2.05, 4.69) is 29.4 Å². The molecule has 0 bridgehead atoms. The SMILES string of the molecule is CCCc1ccc(Oc2cccc(NC(=O)c3ccc(C(C)OCC)nc3C)c2)cc1. The highest BCUT2D eigenvalue weighted by Crippen LogP contribution is 2.25. The van der Waals surface area contributed by atoms with Crippen molar-refractivity contribution in [2.75, 3.05) is 11.9 Å². The molecule has 1 heterocycles. The molecule has 0 spiro atoms. The molecular weight excluding hydrogens is 388 g/mol.